The van der Waals surface area contributed by atoms with Gasteiger partial charge in [-0.25, -0.2) is 23.4 Å². The highest BCUT2D eigenvalue weighted by molar-refractivity contribution is 7.91. The summed E-state index contributed by atoms with van der Waals surface area (Å²) < 4.78 is 67.7. The average molecular weight is 357 g/mol. The second kappa shape index (κ2) is 5.55. The highest BCUT2D eigenvalue weighted by Crippen LogP contribution is 2.32. The van der Waals surface area contributed by atoms with Gasteiger partial charge < -0.3 is 4.42 Å². The summed E-state index contributed by atoms with van der Waals surface area (Å²) >= 11 is 0. The van der Waals surface area contributed by atoms with Gasteiger partial charge in [0.2, 0.25) is 11.6 Å². The van der Waals surface area contributed by atoms with E-state index in [4.69, 9.17) is 4.42 Å². The molecule has 0 unspecified atom stereocenters. The number of hydrogen-bond acceptors (Lipinski definition) is 6. The highest BCUT2D eigenvalue weighted by Gasteiger charge is 2.32. The van der Waals surface area contributed by atoms with Crippen LogP contribution in [-0.2, 0) is 16.0 Å². The standard InChI is InChI=1S/C14H10F3N3O3S/c1-2-24(21,22)10-4-3-5-18-11(10)13-20-9-6-8(14(15,16)17)7-19-12(9)23-13/h3-7H,2H2,1H3. The molecule has 0 aliphatic rings. The van der Waals surface area contributed by atoms with E-state index in [2.05, 4.69) is 15.0 Å². The zero-order valence-corrected chi connectivity index (χ0v) is 13.0. The van der Waals surface area contributed by atoms with Crippen LogP contribution in [0.15, 0.2) is 39.9 Å². The van der Waals surface area contributed by atoms with Gasteiger partial charge in [-0.15, -0.1) is 0 Å². The molecule has 0 radical (unpaired) electrons. The lowest BCUT2D eigenvalue weighted by atomic mass is 10.2. The SMILES string of the molecule is CCS(=O)(=O)c1cccnc1-c1nc2cc(C(F)(F)F)cnc2o1. The van der Waals surface area contributed by atoms with Gasteiger partial charge in [0.1, 0.15) is 11.2 Å². The molecule has 0 spiro atoms. The Morgan fingerprint density at radius 2 is 2.00 bits per heavy atom. The van der Waals surface area contributed by atoms with Crippen LogP contribution in [0.1, 0.15) is 12.5 Å². The molecule has 10 heteroatoms. The van der Waals surface area contributed by atoms with Crippen molar-refractivity contribution in [2.75, 3.05) is 5.75 Å². The van der Waals surface area contributed by atoms with Gasteiger partial charge in [-0.05, 0) is 18.2 Å². The van der Waals surface area contributed by atoms with Crippen molar-refractivity contribution in [2.24, 2.45) is 0 Å². The third-order valence-electron chi connectivity index (χ3n) is 3.26. The number of oxazole rings is 1. The summed E-state index contributed by atoms with van der Waals surface area (Å²) in [6, 6.07) is 3.56. The van der Waals surface area contributed by atoms with E-state index in [1.807, 2.05) is 0 Å². The number of rotatable bonds is 3. The summed E-state index contributed by atoms with van der Waals surface area (Å²) in [6.45, 7) is 1.47. The molecular weight excluding hydrogens is 347 g/mol. The molecule has 0 atom stereocenters. The molecule has 0 fully saturated rings. The molecule has 6 nitrogen and oxygen atoms in total. The number of halogens is 3. The molecule has 3 heterocycles. The number of aromatic nitrogens is 3. The maximum Gasteiger partial charge on any atom is 0.417 e. The van der Waals surface area contributed by atoms with E-state index in [0.29, 0.717) is 6.20 Å². The minimum absolute atomic E-state index is 0.0640. The van der Waals surface area contributed by atoms with E-state index in [9.17, 15) is 21.6 Å². The second-order valence-electron chi connectivity index (χ2n) is 4.82. The van der Waals surface area contributed by atoms with Crippen LogP contribution in [0.4, 0.5) is 13.2 Å². The molecule has 3 aromatic rings. The minimum Gasteiger partial charge on any atom is -0.416 e. The molecule has 0 saturated carbocycles. The van der Waals surface area contributed by atoms with Gasteiger partial charge in [-0.2, -0.15) is 13.2 Å². The fraction of sp³-hybridized carbons (Fsp3) is 0.214. The van der Waals surface area contributed by atoms with Crippen LogP contribution < -0.4 is 0 Å². The van der Waals surface area contributed by atoms with Crippen LogP contribution in [0.3, 0.4) is 0 Å². The molecule has 0 N–H and O–H groups in total. The van der Waals surface area contributed by atoms with Crippen LogP contribution >= 0.6 is 0 Å². The van der Waals surface area contributed by atoms with Gasteiger partial charge in [-0.3, -0.25) is 0 Å². The van der Waals surface area contributed by atoms with Gasteiger partial charge >= 0.3 is 6.18 Å². The second-order valence-corrected chi connectivity index (χ2v) is 7.07. The van der Waals surface area contributed by atoms with Crippen molar-refractivity contribution in [1.82, 2.24) is 15.0 Å². The third kappa shape index (κ3) is 2.84. The van der Waals surface area contributed by atoms with Gasteiger partial charge in [-0.1, -0.05) is 6.92 Å². The van der Waals surface area contributed by atoms with E-state index in [1.165, 1.54) is 25.3 Å². The van der Waals surface area contributed by atoms with Crippen LogP contribution in [0, 0.1) is 0 Å². The Morgan fingerprint density at radius 3 is 2.67 bits per heavy atom. The van der Waals surface area contributed by atoms with Crippen molar-refractivity contribution in [3.63, 3.8) is 0 Å². The number of fused-ring (bicyclic) bond motifs is 1. The molecule has 0 bridgehead atoms. The first-order chi connectivity index (χ1) is 11.2. The van der Waals surface area contributed by atoms with Crippen molar-refractivity contribution >= 4 is 21.1 Å². The summed E-state index contributed by atoms with van der Waals surface area (Å²) in [7, 11) is -3.61. The van der Waals surface area contributed by atoms with Crippen molar-refractivity contribution in [2.45, 2.75) is 18.0 Å². The van der Waals surface area contributed by atoms with Crippen molar-refractivity contribution in [1.29, 1.82) is 0 Å². The first kappa shape index (κ1) is 16.4. The number of hydrogen-bond donors (Lipinski definition) is 0. The molecule has 24 heavy (non-hydrogen) atoms. The Balaban J connectivity index is 2.18. The molecular formula is C14H10F3N3O3S. The van der Waals surface area contributed by atoms with Crippen molar-refractivity contribution < 1.29 is 26.0 Å². The van der Waals surface area contributed by atoms with Gasteiger partial charge in [0.15, 0.2) is 9.84 Å². The van der Waals surface area contributed by atoms with Gasteiger partial charge in [0, 0.05) is 12.4 Å². The summed E-state index contributed by atoms with van der Waals surface area (Å²) in [4.78, 5) is 11.3. The van der Waals surface area contributed by atoms with E-state index >= 15 is 0 Å². The van der Waals surface area contributed by atoms with E-state index in [-0.39, 0.29) is 33.5 Å². The number of alkyl halides is 3. The lowest BCUT2D eigenvalue weighted by Crippen LogP contribution is -2.06. The zero-order chi connectivity index (χ0) is 17.5. The predicted molar refractivity (Wildman–Crippen MR) is 77.8 cm³/mol. The first-order valence-corrected chi connectivity index (χ1v) is 8.39. The fourth-order valence-electron chi connectivity index (χ4n) is 2.04. The normalized spacial score (nSPS) is 12.7. The monoisotopic (exact) mass is 357 g/mol. The van der Waals surface area contributed by atoms with Crippen LogP contribution in [0.25, 0.3) is 22.8 Å². The van der Waals surface area contributed by atoms with Crippen molar-refractivity contribution in [3.8, 4) is 11.6 Å². The van der Waals surface area contributed by atoms with Gasteiger partial charge in [0.25, 0.3) is 0 Å². The largest absolute Gasteiger partial charge is 0.417 e. The van der Waals surface area contributed by atoms with E-state index in [1.54, 1.807) is 0 Å². The van der Waals surface area contributed by atoms with Crippen molar-refractivity contribution in [3.05, 3.63) is 36.2 Å². The molecule has 3 aromatic heterocycles. The Labute approximate surface area is 134 Å². The van der Waals surface area contributed by atoms with Crippen LogP contribution in [0.2, 0.25) is 0 Å². The smallest absolute Gasteiger partial charge is 0.416 e. The quantitative estimate of drug-likeness (QED) is 0.716. The average Bonchev–Trinajstić information content (AvgIpc) is 2.97. The lowest BCUT2D eigenvalue weighted by Gasteiger charge is -2.04. The van der Waals surface area contributed by atoms with Crippen LogP contribution in [-0.4, -0.2) is 29.1 Å². The maximum absolute atomic E-state index is 12.7. The molecule has 0 aromatic carbocycles. The fourth-order valence-corrected chi connectivity index (χ4v) is 3.07. The molecule has 126 valence electrons. The Bertz CT molecular complexity index is 1010. The maximum atomic E-state index is 12.7. The highest BCUT2D eigenvalue weighted by atomic mass is 32.2. The molecule has 3 rings (SSSR count). The minimum atomic E-state index is -4.57. The Morgan fingerprint density at radius 1 is 1.25 bits per heavy atom. The first-order valence-electron chi connectivity index (χ1n) is 6.74. The lowest BCUT2D eigenvalue weighted by molar-refractivity contribution is -0.137. The summed E-state index contributed by atoms with van der Waals surface area (Å²) in [5.41, 5.74) is -1.31. The third-order valence-corrected chi connectivity index (χ3v) is 5.02. The van der Waals surface area contributed by atoms with E-state index < -0.39 is 21.6 Å². The Kier molecular flexibility index (Phi) is 3.78. The Hall–Kier alpha value is -2.49. The topological polar surface area (TPSA) is 86.0 Å². The van der Waals surface area contributed by atoms with Crippen LogP contribution in [0.5, 0.6) is 0 Å². The molecule has 0 amide bonds. The number of nitrogens with zero attached hydrogens (tertiary/aromatic N) is 3. The number of sulfone groups is 1. The predicted octanol–water partition coefficient (Wildman–Crippen LogP) is 3.10. The number of pyridine rings is 2. The zero-order valence-electron chi connectivity index (χ0n) is 12.2. The molecule has 0 aliphatic carbocycles. The van der Waals surface area contributed by atoms with Gasteiger partial charge in [0.05, 0.1) is 16.2 Å². The summed E-state index contributed by atoms with van der Waals surface area (Å²) in [5.74, 6) is -0.369. The summed E-state index contributed by atoms with van der Waals surface area (Å²) in [5, 5.41) is 0. The molecule has 0 saturated heterocycles. The summed E-state index contributed by atoms with van der Waals surface area (Å²) in [6.07, 6.45) is -2.60. The molecule has 0 aliphatic heterocycles. The van der Waals surface area contributed by atoms with E-state index in [0.717, 1.165) is 6.07 Å².